The summed E-state index contributed by atoms with van der Waals surface area (Å²) in [6.07, 6.45) is 0. The topological polar surface area (TPSA) is 12.0 Å². The van der Waals surface area contributed by atoms with Gasteiger partial charge < -0.3 is 5.32 Å². The molecule has 2 aromatic carbocycles. The van der Waals surface area contributed by atoms with E-state index < -0.39 is 0 Å². The summed E-state index contributed by atoms with van der Waals surface area (Å²) in [6.45, 7) is 4.40. The van der Waals surface area contributed by atoms with Crippen molar-refractivity contribution in [3.63, 3.8) is 0 Å². The van der Waals surface area contributed by atoms with E-state index >= 15 is 0 Å². The predicted molar refractivity (Wildman–Crippen MR) is 93.3 cm³/mol. The normalized spacial score (nSPS) is 14.1. The molecule has 0 bridgehead atoms. The third-order valence-corrected chi connectivity index (χ3v) is 4.43. The highest BCUT2D eigenvalue weighted by molar-refractivity contribution is 14.1. The molecule has 0 saturated carbocycles. The highest BCUT2D eigenvalue weighted by Crippen LogP contribution is 2.22. The molecule has 0 aromatic heterocycles. The first-order valence-electron chi connectivity index (χ1n) is 6.33. The van der Waals surface area contributed by atoms with Gasteiger partial charge in [0.15, 0.2) is 0 Å². The maximum Gasteiger partial charge on any atom is 0.0297 e. The van der Waals surface area contributed by atoms with Gasteiger partial charge in [-0.15, -0.1) is 0 Å². The fourth-order valence-electron chi connectivity index (χ4n) is 2.09. The molecule has 2 atom stereocenters. The van der Waals surface area contributed by atoms with E-state index in [1.807, 2.05) is 0 Å². The van der Waals surface area contributed by atoms with Gasteiger partial charge in [0.25, 0.3) is 0 Å². The van der Waals surface area contributed by atoms with Crippen LogP contribution in [-0.4, -0.2) is 0 Å². The summed E-state index contributed by atoms with van der Waals surface area (Å²) < 4.78 is 2.40. The Hall–Kier alpha value is -0.390. The van der Waals surface area contributed by atoms with E-state index in [4.69, 9.17) is 0 Å². The first-order valence-corrected chi connectivity index (χ1v) is 8.20. The third kappa shape index (κ3) is 4.29. The van der Waals surface area contributed by atoms with E-state index in [2.05, 4.69) is 106 Å². The summed E-state index contributed by atoms with van der Waals surface area (Å²) >= 11 is 5.85. The first-order chi connectivity index (χ1) is 9.06. The summed E-state index contributed by atoms with van der Waals surface area (Å²) in [7, 11) is 0. The fourth-order valence-corrected chi connectivity index (χ4v) is 2.87. The minimum atomic E-state index is 0.326. The molecule has 2 aromatic rings. The molecule has 0 amide bonds. The van der Waals surface area contributed by atoms with Gasteiger partial charge in [0.05, 0.1) is 0 Å². The van der Waals surface area contributed by atoms with Crippen molar-refractivity contribution in [2.45, 2.75) is 25.9 Å². The van der Waals surface area contributed by atoms with E-state index in [1.54, 1.807) is 0 Å². The molecule has 0 saturated heterocycles. The number of benzene rings is 2. The average molecular weight is 430 g/mol. The summed E-state index contributed by atoms with van der Waals surface area (Å²) in [5.74, 6) is 0. The van der Waals surface area contributed by atoms with Gasteiger partial charge in [-0.2, -0.15) is 0 Å². The Labute approximate surface area is 137 Å². The van der Waals surface area contributed by atoms with Crippen LogP contribution in [0, 0.1) is 3.57 Å². The van der Waals surface area contributed by atoms with Crippen LogP contribution in [0.2, 0.25) is 0 Å². The zero-order valence-corrected chi connectivity index (χ0v) is 14.8. The highest BCUT2D eigenvalue weighted by atomic mass is 127. The predicted octanol–water partition coefficient (Wildman–Crippen LogP) is 5.47. The van der Waals surface area contributed by atoms with E-state index in [-0.39, 0.29) is 0 Å². The Morgan fingerprint density at radius 3 is 2.21 bits per heavy atom. The number of nitrogens with one attached hydrogen (secondary N) is 1. The van der Waals surface area contributed by atoms with Gasteiger partial charge in [-0.25, -0.2) is 0 Å². The van der Waals surface area contributed by atoms with Gasteiger partial charge in [-0.05, 0) is 71.8 Å². The lowest BCUT2D eigenvalue weighted by Gasteiger charge is -2.21. The zero-order valence-electron chi connectivity index (χ0n) is 11.0. The van der Waals surface area contributed by atoms with Crippen molar-refractivity contribution < 1.29 is 0 Å². The Morgan fingerprint density at radius 1 is 0.947 bits per heavy atom. The number of rotatable bonds is 4. The van der Waals surface area contributed by atoms with E-state index in [0.717, 1.165) is 4.47 Å². The third-order valence-electron chi connectivity index (χ3n) is 3.22. The average Bonchev–Trinajstić information content (AvgIpc) is 2.39. The molecule has 100 valence electrons. The van der Waals surface area contributed by atoms with Crippen LogP contribution in [-0.2, 0) is 0 Å². The molecular weight excluding hydrogens is 413 g/mol. The Kier molecular flexibility index (Phi) is 5.42. The lowest BCUT2D eigenvalue weighted by atomic mass is 10.0. The van der Waals surface area contributed by atoms with Crippen molar-refractivity contribution in [3.05, 3.63) is 67.7 Å². The molecule has 1 unspecified atom stereocenters. The van der Waals surface area contributed by atoms with Gasteiger partial charge in [0.2, 0.25) is 0 Å². The van der Waals surface area contributed by atoms with E-state index in [9.17, 15) is 0 Å². The smallest absolute Gasteiger partial charge is 0.0297 e. The van der Waals surface area contributed by atoms with Crippen LogP contribution in [0.3, 0.4) is 0 Å². The molecule has 1 N–H and O–H groups in total. The minimum absolute atomic E-state index is 0.326. The standard InChI is InChI=1S/C16H17BrIN/c1-11(13-6-8-16(18)9-7-13)19-12(2)14-4-3-5-15(17)10-14/h3-12,19H,1-2H3/t11?,12-/m1/s1. The van der Waals surface area contributed by atoms with Crippen molar-refractivity contribution >= 4 is 38.5 Å². The lowest BCUT2D eigenvalue weighted by molar-refractivity contribution is 0.494. The number of hydrogen-bond donors (Lipinski definition) is 1. The molecule has 0 fully saturated rings. The highest BCUT2D eigenvalue weighted by Gasteiger charge is 2.11. The minimum Gasteiger partial charge on any atom is -0.304 e. The monoisotopic (exact) mass is 429 g/mol. The first kappa shape index (κ1) is 15.0. The van der Waals surface area contributed by atoms with Gasteiger partial charge in [0.1, 0.15) is 0 Å². The summed E-state index contributed by atoms with van der Waals surface area (Å²) in [6, 6.07) is 17.8. The maximum atomic E-state index is 3.64. The van der Waals surface area contributed by atoms with Crippen LogP contribution in [0.15, 0.2) is 53.0 Å². The molecule has 2 rings (SSSR count). The van der Waals surface area contributed by atoms with Crippen molar-refractivity contribution in [2.75, 3.05) is 0 Å². The quantitative estimate of drug-likeness (QED) is 0.635. The van der Waals surface area contributed by atoms with Crippen molar-refractivity contribution in [1.29, 1.82) is 0 Å². The molecule has 0 aliphatic rings. The van der Waals surface area contributed by atoms with Crippen LogP contribution in [0.4, 0.5) is 0 Å². The van der Waals surface area contributed by atoms with E-state index in [0.29, 0.717) is 12.1 Å². The van der Waals surface area contributed by atoms with Crippen LogP contribution in [0.25, 0.3) is 0 Å². The van der Waals surface area contributed by atoms with Crippen molar-refractivity contribution in [2.24, 2.45) is 0 Å². The molecule has 0 aliphatic carbocycles. The second-order valence-electron chi connectivity index (χ2n) is 4.72. The molecule has 19 heavy (non-hydrogen) atoms. The molecule has 0 spiro atoms. The maximum absolute atomic E-state index is 3.64. The van der Waals surface area contributed by atoms with Crippen molar-refractivity contribution in [3.8, 4) is 0 Å². The molecule has 0 aliphatic heterocycles. The van der Waals surface area contributed by atoms with Crippen LogP contribution >= 0.6 is 38.5 Å². The fraction of sp³-hybridized carbons (Fsp3) is 0.250. The Bertz CT molecular complexity index is 539. The van der Waals surface area contributed by atoms with Gasteiger partial charge in [-0.3, -0.25) is 0 Å². The zero-order chi connectivity index (χ0) is 13.8. The van der Waals surface area contributed by atoms with Crippen molar-refractivity contribution in [1.82, 2.24) is 5.32 Å². The number of halogens is 2. The summed E-state index contributed by atoms with van der Waals surface area (Å²) in [5, 5.41) is 3.64. The molecule has 0 heterocycles. The van der Waals surface area contributed by atoms with E-state index in [1.165, 1.54) is 14.7 Å². The molecular formula is C16H17BrIN. The second-order valence-corrected chi connectivity index (χ2v) is 6.88. The Morgan fingerprint density at radius 2 is 1.58 bits per heavy atom. The largest absolute Gasteiger partial charge is 0.304 e. The van der Waals surface area contributed by atoms with Gasteiger partial charge in [0, 0.05) is 20.1 Å². The summed E-state index contributed by atoms with van der Waals surface area (Å²) in [4.78, 5) is 0. The second kappa shape index (κ2) is 6.86. The number of hydrogen-bond acceptors (Lipinski definition) is 1. The molecule has 3 heteroatoms. The van der Waals surface area contributed by atoms with Crippen LogP contribution in [0.1, 0.15) is 37.1 Å². The van der Waals surface area contributed by atoms with Gasteiger partial charge >= 0.3 is 0 Å². The SMILES string of the molecule is CC(N[C@H](C)c1cccc(Br)c1)c1ccc(I)cc1. The molecule has 1 nitrogen and oxygen atoms in total. The summed E-state index contributed by atoms with van der Waals surface area (Å²) in [5.41, 5.74) is 2.62. The van der Waals surface area contributed by atoms with Gasteiger partial charge in [-0.1, -0.05) is 40.2 Å². The van der Waals surface area contributed by atoms with Crippen LogP contribution in [0.5, 0.6) is 0 Å². The molecule has 0 radical (unpaired) electrons. The Balaban J connectivity index is 2.06. The lowest BCUT2D eigenvalue weighted by Crippen LogP contribution is -2.22. The van der Waals surface area contributed by atoms with Crippen LogP contribution < -0.4 is 5.32 Å².